The van der Waals surface area contributed by atoms with E-state index < -0.39 is 10.0 Å². The molecule has 0 unspecified atom stereocenters. The minimum atomic E-state index is -3.74. The molecule has 2 aromatic rings. The van der Waals surface area contributed by atoms with E-state index in [1.807, 2.05) is 13.0 Å². The van der Waals surface area contributed by atoms with Crippen LogP contribution in [0.2, 0.25) is 0 Å². The van der Waals surface area contributed by atoms with Crippen LogP contribution in [0, 0.1) is 6.92 Å². The fourth-order valence-corrected chi connectivity index (χ4v) is 2.99. The van der Waals surface area contributed by atoms with Crippen LogP contribution in [0.3, 0.4) is 0 Å². The molecule has 0 saturated carbocycles. The Kier molecular flexibility index (Phi) is 4.78. The van der Waals surface area contributed by atoms with Crippen LogP contribution in [0.15, 0.2) is 65.6 Å². The van der Waals surface area contributed by atoms with Gasteiger partial charge in [0.25, 0.3) is 10.0 Å². The molecule has 22 heavy (non-hydrogen) atoms. The lowest BCUT2D eigenvalue weighted by Gasteiger charge is -2.12. The molecule has 0 saturated heterocycles. The second-order valence-electron chi connectivity index (χ2n) is 4.95. The van der Waals surface area contributed by atoms with Crippen LogP contribution >= 0.6 is 0 Å². The largest absolute Gasteiger partial charge is 0.295 e. The molecular weight excluding hydrogens is 298 g/mol. The van der Waals surface area contributed by atoms with E-state index in [0.717, 1.165) is 5.56 Å². The Balaban J connectivity index is 2.39. The number of rotatable bonds is 5. The molecule has 0 radical (unpaired) electrons. The highest BCUT2D eigenvalue weighted by Gasteiger charge is 2.16. The summed E-state index contributed by atoms with van der Waals surface area (Å²) in [7, 11) is -3.74. The molecule has 0 amide bonds. The van der Waals surface area contributed by atoms with E-state index >= 15 is 0 Å². The molecule has 2 aromatic carbocycles. The molecule has 1 N–H and O–H groups in total. The van der Waals surface area contributed by atoms with Crippen LogP contribution in [0.1, 0.15) is 18.1 Å². The topological polar surface area (TPSA) is 63.2 Å². The number of benzene rings is 2. The zero-order valence-electron chi connectivity index (χ0n) is 12.4. The van der Waals surface area contributed by atoms with Gasteiger partial charge in [0.2, 0.25) is 0 Å². The van der Waals surface area contributed by atoms with Gasteiger partial charge in [0.1, 0.15) is 0 Å². The number of sulfonamides is 1. The number of ketones is 1. The summed E-state index contributed by atoms with van der Waals surface area (Å²) in [5.74, 6) is -0.231. The van der Waals surface area contributed by atoms with Crippen molar-refractivity contribution in [3.05, 3.63) is 71.8 Å². The molecule has 5 heteroatoms. The molecule has 114 valence electrons. The van der Waals surface area contributed by atoms with Crippen molar-refractivity contribution in [3.8, 4) is 0 Å². The van der Waals surface area contributed by atoms with Crippen molar-refractivity contribution in [2.45, 2.75) is 18.7 Å². The minimum Gasteiger partial charge on any atom is -0.295 e. The van der Waals surface area contributed by atoms with Gasteiger partial charge in [0.15, 0.2) is 5.78 Å². The van der Waals surface area contributed by atoms with Gasteiger partial charge in [-0.3, -0.25) is 9.52 Å². The van der Waals surface area contributed by atoms with E-state index in [4.69, 9.17) is 0 Å². The number of aryl methyl sites for hydroxylation is 1. The molecule has 0 aliphatic carbocycles. The first-order valence-corrected chi connectivity index (χ1v) is 8.24. The first kappa shape index (κ1) is 16.0. The fourth-order valence-electron chi connectivity index (χ4n) is 1.91. The van der Waals surface area contributed by atoms with E-state index in [1.165, 1.54) is 25.1 Å². The van der Waals surface area contributed by atoms with Crippen molar-refractivity contribution in [1.29, 1.82) is 0 Å². The van der Waals surface area contributed by atoms with Gasteiger partial charge in [-0.25, -0.2) is 8.42 Å². The predicted molar refractivity (Wildman–Crippen MR) is 86.6 cm³/mol. The van der Waals surface area contributed by atoms with Gasteiger partial charge in [-0.05, 0) is 31.5 Å². The molecule has 0 bridgehead atoms. The highest BCUT2D eigenvalue weighted by molar-refractivity contribution is 7.89. The SMILES string of the molecule is CC(=O)/C=C(\NS(=O)(=O)c1ccc(C)cc1)c1ccccc1. The number of carbonyl (C=O) groups excluding carboxylic acids is 1. The Hall–Kier alpha value is -2.40. The fraction of sp³-hybridized carbons (Fsp3) is 0.118. The Bertz CT molecular complexity index is 792. The summed E-state index contributed by atoms with van der Waals surface area (Å²) in [6.07, 6.45) is 1.28. The Labute approximate surface area is 130 Å². The standard InChI is InChI=1S/C17H17NO3S/c1-13-8-10-16(11-9-13)22(20,21)18-17(12-14(2)19)15-6-4-3-5-7-15/h3-12,18H,1-2H3/b17-12-. The maximum Gasteiger partial charge on any atom is 0.261 e. The molecule has 0 heterocycles. The third-order valence-corrected chi connectivity index (χ3v) is 4.39. The molecular formula is C17H17NO3S. The van der Waals surface area contributed by atoms with Crippen molar-refractivity contribution in [2.24, 2.45) is 0 Å². The smallest absolute Gasteiger partial charge is 0.261 e. The summed E-state index contributed by atoms with van der Waals surface area (Å²) in [5, 5.41) is 0. The summed E-state index contributed by atoms with van der Waals surface area (Å²) in [6, 6.07) is 15.4. The van der Waals surface area contributed by atoms with E-state index in [-0.39, 0.29) is 16.4 Å². The van der Waals surface area contributed by atoms with Crippen molar-refractivity contribution < 1.29 is 13.2 Å². The van der Waals surface area contributed by atoms with Gasteiger partial charge in [-0.15, -0.1) is 0 Å². The van der Waals surface area contributed by atoms with E-state index in [2.05, 4.69) is 4.72 Å². The highest BCUT2D eigenvalue weighted by atomic mass is 32.2. The van der Waals surface area contributed by atoms with E-state index in [9.17, 15) is 13.2 Å². The summed E-state index contributed by atoms with van der Waals surface area (Å²) < 4.78 is 27.4. The lowest BCUT2D eigenvalue weighted by Crippen LogP contribution is -2.23. The van der Waals surface area contributed by atoms with Crippen LogP contribution in [0.4, 0.5) is 0 Å². The molecule has 4 nitrogen and oxygen atoms in total. The third kappa shape index (κ3) is 4.05. The number of allylic oxidation sites excluding steroid dienone is 1. The van der Waals surface area contributed by atoms with Crippen LogP contribution < -0.4 is 4.72 Å². The van der Waals surface area contributed by atoms with Crippen molar-refractivity contribution >= 4 is 21.5 Å². The highest BCUT2D eigenvalue weighted by Crippen LogP contribution is 2.17. The average molecular weight is 315 g/mol. The molecule has 0 aromatic heterocycles. The monoisotopic (exact) mass is 315 g/mol. The third-order valence-electron chi connectivity index (χ3n) is 3.01. The summed E-state index contributed by atoms with van der Waals surface area (Å²) >= 11 is 0. The molecule has 0 aliphatic heterocycles. The van der Waals surface area contributed by atoms with Crippen molar-refractivity contribution in [3.63, 3.8) is 0 Å². The van der Waals surface area contributed by atoms with Gasteiger partial charge < -0.3 is 0 Å². The Morgan fingerprint density at radius 2 is 1.59 bits per heavy atom. The van der Waals surface area contributed by atoms with Crippen LogP contribution in [0.5, 0.6) is 0 Å². The molecule has 0 aliphatic rings. The van der Waals surface area contributed by atoms with E-state index in [1.54, 1.807) is 36.4 Å². The molecule has 0 spiro atoms. The first-order chi connectivity index (χ1) is 10.4. The lowest BCUT2D eigenvalue weighted by molar-refractivity contribution is -0.112. The first-order valence-electron chi connectivity index (χ1n) is 6.76. The molecule has 2 rings (SSSR count). The summed E-state index contributed by atoms with van der Waals surface area (Å²) in [4.78, 5) is 11.5. The zero-order chi connectivity index (χ0) is 16.2. The molecule has 0 atom stereocenters. The maximum absolute atomic E-state index is 12.4. The number of hydrogen-bond acceptors (Lipinski definition) is 3. The predicted octanol–water partition coefficient (Wildman–Crippen LogP) is 2.90. The second-order valence-corrected chi connectivity index (χ2v) is 6.64. The quantitative estimate of drug-likeness (QED) is 0.863. The Morgan fingerprint density at radius 3 is 2.14 bits per heavy atom. The maximum atomic E-state index is 12.4. The van der Waals surface area contributed by atoms with Gasteiger partial charge in [0, 0.05) is 6.08 Å². The van der Waals surface area contributed by atoms with Crippen LogP contribution in [-0.2, 0) is 14.8 Å². The van der Waals surface area contributed by atoms with Gasteiger partial charge in [-0.2, -0.15) is 0 Å². The minimum absolute atomic E-state index is 0.156. The number of hydrogen-bond donors (Lipinski definition) is 1. The second kappa shape index (κ2) is 6.58. The van der Waals surface area contributed by atoms with Gasteiger partial charge in [0.05, 0.1) is 10.6 Å². The van der Waals surface area contributed by atoms with E-state index in [0.29, 0.717) is 5.56 Å². The van der Waals surface area contributed by atoms with Crippen LogP contribution in [0.25, 0.3) is 5.70 Å². The summed E-state index contributed by atoms with van der Waals surface area (Å²) in [6.45, 7) is 3.26. The van der Waals surface area contributed by atoms with Gasteiger partial charge >= 0.3 is 0 Å². The lowest BCUT2D eigenvalue weighted by atomic mass is 10.1. The van der Waals surface area contributed by atoms with Crippen molar-refractivity contribution in [2.75, 3.05) is 0 Å². The average Bonchev–Trinajstić information content (AvgIpc) is 2.47. The van der Waals surface area contributed by atoms with Crippen LogP contribution in [-0.4, -0.2) is 14.2 Å². The number of carbonyl (C=O) groups is 1. The summed E-state index contributed by atoms with van der Waals surface area (Å²) in [5.41, 5.74) is 1.86. The zero-order valence-corrected chi connectivity index (χ0v) is 13.2. The molecule has 0 fully saturated rings. The van der Waals surface area contributed by atoms with Gasteiger partial charge in [-0.1, -0.05) is 48.0 Å². The number of nitrogens with one attached hydrogen (secondary N) is 1. The van der Waals surface area contributed by atoms with Crippen molar-refractivity contribution in [1.82, 2.24) is 4.72 Å². The Morgan fingerprint density at radius 1 is 1.00 bits per heavy atom. The normalized spacial score (nSPS) is 12.0.